The molecule has 3 saturated heterocycles. The third-order valence-electron chi connectivity index (χ3n) is 6.62. The van der Waals surface area contributed by atoms with Gasteiger partial charge in [-0.25, -0.2) is 4.79 Å². The number of halogens is 1. The Hall–Kier alpha value is -2.34. The van der Waals surface area contributed by atoms with E-state index in [1.807, 2.05) is 29.6 Å². The average molecular weight is 469 g/mol. The highest BCUT2D eigenvalue weighted by atomic mass is 35.5. The minimum atomic E-state index is -0.338. The van der Waals surface area contributed by atoms with Crippen molar-refractivity contribution in [2.24, 2.45) is 5.92 Å². The van der Waals surface area contributed by atoms with Gasteiger partial charge in [0.2, 0.25) is 0 Å². The topological polar surface area (TPSA) is 41.6 Å². The normalized spacial score (nSPS) is 23.9. The average Bonchev–Trinajstić information content (AvgIpc) is 3.27. The van der Waals surface area contributed by atoms with Crippen molar-refractivity contribution in [3.8, 4) is 10.4 Å². The van der Waals surface area contributed by atoms with E-state index in [0.717, 1.165) is 48.5 Å². The van der Waals surface area contributed by atoms with Gasteiger partial charge in [0.05, 0.1) is 10.6 Å². The molecule has 6 rings (SSSR count). The lowest BCUT2D eigenvalue weighted by atomic mass is 9.79. The molecule has 4 atom stereocenters. The van der Waals surface area contributed by atoms with Crippen LogP contribution in [0.25, 0.3) is 10.4 Å². The van der Waals surface area contributed by atoms with Gasteiger partial charge in [-0.2, -0.15) is 0 Å². The van der Waals surface area contributed by atoms with E-state index in [4.69, 9.17) is 4.74 Å². The summed E-state index contributed by atoms with van der Waals surface area (Å²) in [7, 11) is 0. The second kappa shape index (κ2) is 10.5. The van der Waals surface area contributed by atoms with Gasteiger partial charge in [-0.05, 0) is 60.7 Å². The van der Waals surface area contributed by atoms with Crippen LogP contribution in [0.2, 0.25) is 0 Å². The van der Waals surface area contributed by atoms with Crippen LogP contribution < -0.4 is 5.32 Å². The highest BCUT2D eigenvalue weighted by Gasteiger charge is 2.41. The van der Waals surface area contributed by atoms with Gasteiger partial charge in [-0.3, -0.25) is 10.2 Å². The number of nitrogens with zero attached hydrogens (tertiary/aromatic N) is 1. The Bertz CT molecular complexity index is 1010. The molecule has 1 amide bonds. The molecule has 4 unspecified atom stereocenters. The van der Waals surface area contributed by atoms with Crippen molar-refractivity contribution >= 4 is 35.5 Å². The number of rotatable bonds is 6. The summed E-state index contributed by atoms with van der Waals surface area (Å²) in [4.78, 5) is 16.3. The highest BCUT2D eigenvalue weighted by molar-refractivity contribution is 7.14. The first kappa shape index (κ1) is 22.8. The molecular formula is C26H29ClN2O2S. The number of hydrogen-bond donors (Lipinski definition) is 1. The number of thiophene rings is 1. The molecule has 2 bridgehead atoms. The van der Waals surface area contributed by atoms with Gasteiger partial charge in [0.25, 0.3) is 0 Å². The van der Waals surface area contributed by atoms with Gasteiger partial charge in [-0.1, -0.05) is 60.7 Å². The summed E-state index contributed by atoms with van der Waals surface area (Å²) in [6.45, 7) is 1.97. The van der Waals surface area contributed by atoms with Crippen LogP contribution in [0.4, 0.5) is 10.5 Å². The third kappa shape index (κ3) is 5.17. The second-order valence-electron chi connectivity index (χ2n) is 8.56. The molecule has 0 spiro atoms. The molecule has 1 aromatic heterocycles. The van der Waals surface area contributed by atoms with Crippen molar-refractivity contribution < 1.29 is 9.53 Å². The number of carbonyl (C=O) groups is 1. The monoisotopic (exact) mass is 468 g/mol. The van der Waals surface area contributed by atoms with Gasteiger partial charge < -0.3 is 4.74 Å². The number of nitrogens with one attached hydrogen (secondary N) is 1. The molecule has 4 heterocycles. The maximum Gasteiger partial charge on any atom is 0.411 e. The maximum absolute atomic E-state index is 12.7. The van der Waals surface area contributed by atoms with Gasteiger partial charge in [-0.15, -0.1) is 23.7 Å². The molecule has 0 aliphatic carbocycles. The number of benzene rings is 2. The Morgan fingerprint density at radius 3 is 2.53 bits per heavy atom. The molecule has 3 fully saturated rings. The number of piperidine rings is 3. The Kier molecular flexibility index (Phi) is 7.51. The molecule has 0 saturated carbocycles. The minimum absolute atomic E-state index is 0. The fraction of sp³-hybridized carbons (Fsp3) is 0.346. The van der Waals surface area contributed by atoms with Crippen molar-refractivity contribution in [3.05, 3.63) is 77.7 Å². The second-order valence-corrected chi connectivity index (χ2v) is 9.47. The van der Waals surface area contributed by atoms with E-state index in [-0.39, 0.29) is 24.6 Å². The van der Waals surface area contributed by atoms with Crippen LogP contribution in [0.5, 0.6) is 0 Å². The fourth-order valence-corrected chi connectivity index (χ4v) is 5.86. The number of fused-ring (bicyclic) bond motifs is 3. The molecule has 6 heteroatoms. The lowest BCUT2D eigenvalue weighted by Gasteiger charge is -2.49. The predicted octanol–water partition coefficient (Wildman–Crippen LogP) is 6.48. The molecule has 3 aliphatic heterocycles. The molecular weight excluding hydrogens is 440 g/mol. The SMILES string of the molecule is Cl.O=C(Nc1ccsc1-c1ccccc1)OC1CN2CCC1CC2CCc1ccccc1. The number of ether oxygens (including phenoxy) is 1. The third-order valence-corrected chi connectivity index (χ3v) is 7.59. The molecule has 1 N–H and O–H groups in total. The van der Waals surface area contributed by atoms with E-state index >= 15 is 0 Å². The van der Waals surface area contributed by atoms with Crippen molar-refractivity contribution in [2.75, 3.05) is 18.4 Å². The molecule has 168 valence electrons. The molecule has 2 aromatic carbocycles. The summed E-state index contributed by atoms with van der Waals surface area (Å²) < 4.78 is 5.91. The van der Waals surface area contributed by atoms with Crippen LogP contribution in [0.15, 0.2) is 72.1 Å². The van der Waals surface area contributed by atoms with Gasteiger partial charge in [0.15, 0.2) is 0 Å². The smallest absolute Gasteiger partial charge is 0.411 e. The lowest BCUT2D eigenvalue weighted by molar-refractivity contribution is -0.0596. The molecule has 32 heavy (non-hydrogen) atoms. The Balaban J connectivity index is 0.00000245. The minimum Gasteiger partial charge on any atom is -0.444 e. The van der Waals surface area contributed by atoms with Crippen LogP contribution >= 0.6 is 23.7 Å². The van der Waals surface area contributed by atoms with Crippen LogP contribution in [-0.4, -0.2) is 36.2 Å². The summed E-state index contributed by atoms with van der Waals surface area (Å²) in [5.74, 6) is 0.465. The van der Waals surface area contributed by atoms with Crippen molar-refractivity contribution in [2.45, 2.75) is 37.8 Å². The van der Waals surface area contributed by atoms with Crippen molar-refractivity contribution in [3.63, 3.8) is 0 Å². The number of carbonyl (C=O) groups excluding carboxylic acids is 1. The number of hydrogen-bond acceptors (Lipinski definition) is 4. The summed E-state index contributed by atoms with van der Waals surface area (Å²) >= 11 is 1.63. The summed E-state index contributed by atoms with van der Waals surface area (Å²) in [5, 5.41) is 4.99. The van der Waals surface area contributed by atoms with Crippen LogP contribution in [0.3, 0.4) is 0 Å². The van der Waals surface area contributed by atoms with E-state index in [0.29, 0.717) is 12.0 Å². The van der Waals surface area contributed by atoms with Gasteiger partial charge in [0.1, 0.15) is 6.10 Å². The highest BCUT2D eigenvalue weighted by Crippen LogP contribution is 2.37. The van der Waals surface area contributed by atoms with E-state index < -0.39 is 0 Å². The first-order chi connectivity index (χ1) is 15.3. The first-order valence-electron chi connectivity index (χ1n) is 11.1. The summed E-state index contributed by atoms with van der Waals surface area (Å²) in [6.07, 6.45) is 4.18. The fourth-order valence-electron chi connectivity index (χ4n) is 5.00. The summed E-state index contributed by atoms with van der Waals surface area (Å²) in [6, 6.07) is 23.4. The summed E-state index contributed by atoms with van der Waals surface area (Å²) in [5.41, 5.74) is 3.34. The van der Waals surface area contributed by atoms with Gasteiger partial charge >= 0.3 is 6.09 Å². The zero-order valence-electron chi connectivity index (χ0n) is 18.0. The number of aryl methyl sites for hydroxylation is 1. The quantitative estimate of drug-likeness (QED) is 0.450. The van der Waals surface area contributed by atoms with Gasteiger partial charge in [0, 0.05) is 12.6 Å². The zero-order valence-corrected chi connectivity index (χ0v) is 19.6. The van der Waals surface area contributed by atoms with E-state index in [9.17, 15) is 4.79 Å². The largest absolute Gasteiger partial charge is 0.444 e. The predicted molar refractivity (Wildman–Crippen MR) is 134 cm³/mol. The van der Waals surface area contributed by atoms with Crippen LogP contribution in [-0.2, 0) is 11.2 Å². The van der Waals surface area contributed by atoms with Crippen molar-refractivity contribution in [1.82, 2.24) is 4.90 Å². The molecule has 0 radical (unpaired) electrons. The van der Waals surface area contributed by atoms with Crippen LogP contribution in [0, 0.1) is 5.92 Å². The molecule has 3 aromatic rings. The van der Waals surface area contributed by atoms with E-state index in [2.05, 4.69) is 52.7 Å². The first-order valence-corrected chi connectivity index (χ1v) is 12.0. The zero-order chi connectivity index (χ0) is 21.0. The van der Waals surface area contributed by atoms with Crippen LogP contribution in [0.1, 0.15) is 24.8 Å². The Morgan fingerprint density at radius 1 is 1.06 bits per heavy atom. The Morgan fingerprint density at radius 2 is 1.81 bits per heavy atom. The number of amides is 1. The standard InChI is InChI=1S/C26H28N2O2S.ClH/c29-26(27-23-14-16-31-25(23)20-9-5-2-6-10-20)30-24-18-28-15-13-21(24)17-22(28)12-11-19-7-3-1-4-8-19;/h1-10,14,16,21-22,24H,11-13,15,17-18H2,(H,27,29);1H. The van der Waals surface area contributed by atoms with E-state index in [1.165, 1.54) is 12.0 Å². The van der Waals surface area contributed by atoms with Crippen molar-refractivity contribution in [1.29, 1.82) is 0 Å². The lowest BCUT2D eigenvalue weighted by Crippen LogP contribution is -2.57. The Labute approximate surface area is 200 Å². The van der Waals surface area contributed by atoms with E-state index in [1.54, 1.807) is 11.3 Å². The molecule has 3 aliphatic rings. The number of anilines is 1. The molecule has 4 nitrogen and oxygen atoms in total. The maximum atomic E-state index is 12.7.